The second-order valence-corrected chi connectivity index (χ2v) is 10.3. The molecule has 2 unspecified atom stereocenters. The summed E-state index contributed by atoms with van der Waals surface area (Å²) in [6.45, 7) is 2.80. The lowest BCUT2D eigenvalue weighted by Gasteiger charge is -2.51. The molecule has 2 bridgehead atoms. The molecule has 3 atom stereocenters. The number of fused-ring (bicyclic) bond motifs is 3. The van der Waals surface area contributed by atoms with E-state index in [9.17, 15) is 4.79 Å². The summed E-state index contributed by atoms with van der Waals surface area (Å²) in [6.07, 6.45) is 7.57. The second-order valence-electron chi connectivity index (χ2n) is 9.37. The quantitative estimate of drug-likeness (QED) is 0.600. The molecule has 3 fully saturated rings. The molecule has 0 saturated heterocycles. The molecule has 1 aromatic carbocycles. The molecular formula is C24H24N6OS. The van der Waals surface area contributed by atoms with E-state index in [1.165, 1.54) is 0 Å². The maximum atomic E-state index is 13.6. The van der Waals surface area contributed by atoms with Crippen LogP contribution in [0.15, 0.2) is 34.9 Å². The summed E-state index contributed by atoms with van der Waals surface area (Å²) in [7, 11) is 0. The van der Waals surface area contributed by atoms with Gasteiger partial charge in [-0.1, -0.05) is 0 Å². The summed E-state index contributed by atoms with van der Waals surface area (Å²) in [6, 6.07) is 7.85. The van der Waals surface area contributed by atoms with Gasteiger partial charge in [0, 0.05) is 41.6 Å². The molecule has 7 rings (SSSR count). The number of hydrazone groups is 1. The van der Waals surface area contributed by atoms with Gasteiger partial charge in [-0.15, -0.1) is 11.3 Å². The van der Waals surface area contributed by atoms with E-state index in [2.05, 4.69) is 25.9 Å². The van der Waals surface area contributed by atoms with Crippen molar-refractivity contribution in [3.8, 4) is 6.07 Å². The Kier molecular flexibility index (Phi) is 4.61. The summed E-state index contributed by atoms with van der Waals surface area (Å²) < 4.78 is 2.05. The van der Waals surface area contributed by atoms with E-state index in [1.54, 1.807) is 16.3 Å². The van der Waals surface area contributed by atoms with Crippen molar-refractivity contribution in [1.29, 1.82) is 5.26 Å². The minimum atomic E-state index is -0.0539. The Balaban J connectivity index is 1.20. The van der Waals surface area contributed by atoms with Crippen molar-refractivity contribution in [2.75, 3.05) is 0 Å². The van der Waals surface area contributed by atoms with Crippen LogP contribution < -0.4 is 0 Å². The maximum Gasteiger partial charge on any atom is 0.246 e. The van der Waals surface area contributed by atoms with E-state index in [-0.39, 0.29) is 17.9 Å². The molecule has 8 heteroatoms. The van der Waals surface area contributed by atoms with E-state index in [0.717, 1.165) is 53.8 Å². The van der Waals surface area contributed by atoms with Crippen LogP contribution in [0.4, 0.5) is 0 Å². The highest BCUT2D eigenvalue weighted by Gasteiger charge is 2.50. The Hall–Kier alpha value is -3.05. The summed E-state index contributed by atoms with van der Waals surface area (Å²) in [5.41, 5.74) is 2.70. The molecule has 0 radical (unpaired) electrons. The maximum absolute atomic E-state index is 13.6. The number of nitriles is 1. The molecule has 2 aromatic heterocycles. The molecule has 32 heavy (non-hydrogen) atoms. The number of carbonyl (C=O) groups excluding carboxylic acids is 1. The fourth-order valence-corrected chi connectivity index (χ4v) is 6.60. The van der Waals surface area contributed by atoms with E-state index >= 15 is 0 Å². The van der Waals surface area contributed by atoms with E-state index in [4.69, 9.17) is 5.26 Å². The zero-order valence-corrected chi connectivity index (χ0v) is 18.7. The summed E-state index contributed by atoms with van der Waals surface area (Å²) in [5.74, 6) is 1.76. The lowest BCUT2D eigenvalue weighted by atomic mass is 9.55. The number of thiazole rings is 1. The molecule has 1 amide bonds. The van der Waals surface area contributed by atoms with E-state index in [0.29, 0.717) is 23.3 Å². The SMILES string of the molecule is Cc1csc(C2CC=NN2C(=O)[C@H]2CC(Cn3ncc4cc(C#N)ccc43)C3CC2C3)n1. The standard InChI is InChI=1S/C24H24N6OS/c1-14-13-32-23(28-14)22-4-5-26-30(22)24(31)20-9-19(16-7-17(20)8-16)12-29-21-3-2-15(10-25)6-18(21)11-27-29/h2-3,5-6,11,13,16-17,19-20,22H,4,7-9,12H2,1H3/t16?,17?,19?,20-,22?/m0/s1. The number of benzene rings is 1. The Morgan fingerprint density at radius 3 is 2.94 bits per heavy atom. The first kappa shape index (κ1) is 19.6. The minimum absolute atomic E-state index is 0.0239. The molecule has 162 valence electrons. The van der Waals surface area contributed by atoms with Gasteiger partial charge in [0.25, 0.3) is 0 Å². The first-order valence-electron chi connectivity index (χ1n) is 11.2. The molecule has 7 nitrogen and oxygen atoms in total. The molecular weight excluding hydrogens is 420 g/mol. The molecule has 3 heterocycles. The third kappa shape index (κ3) is 3.15. The van der Waals surface area contributed by atoms with Gasteiger partial charge < -0.3 is 0 Å². The van der Waals surface area contributed by atoms with Crippen molar-refractivity contribution in [3.63, 3.8) is 0 Å². The third-order valence-corrected chi connectivity index (χ3v) is 8.54. The fraction of sp³-hybridized carbons (Fsp3) is 0.458. The van der Waals surface area contributed by atoms with Gasteiger partial charge in [-0.25, -0.2) is 9.99 Å². The Bertz CT molecular complexity index is 1260. The molecule has 0 spiro atoms. The van der Waals surface area contributed by atoms with Gasteiger partial charge in [0.2, 0.25) is 5.91 Å². The Morgan fingerprint density at radius 2 is 2.16 bits per heavy atom. The van der Waals surface area contributed by atoms with Crippen LogP contribution >= 0.6 is 11.3 Å². The summed E-state index contributed by atoms with van der Waals surface area (Å²) in [5, 5.41) is 23.9. The normalized spacial score (nSPS) is 28.6. The van der Waals surface area contributed by atoms with Gasteiger partial charge in [0.1, 0.15) is 11.0 Å². The van der Waals surface area contributed by atoms with Crippen molar-refractivity contribution in [1.82, 2.24) is 19.8 Å². The Morgan fingerprint density at radius 1 is 1.28 bits per heavy atom. The number of nitrogens with zero attached hydrogens (tertiary/aromatic N) is 6. The van der Waals surface area contributed by atoms with Crippen LogP contribution in [0.1, 0.15) is 48.0 Å². The highest BCUT2D eigenvalue weighted by molar-refractivity contribution is 7.09. The number of hydrogen-bond acceptors (Lipinski definition) is 6. The zero-order chi connectivity index (χ0) is 21.8. The minimum Gasteiger partial charge on any atom is -0.273 e. The van der Waals surface area contributed by atoms with Crippen LogP contribution in [-0.2, 0) is 11.3 Å². The van der Waals surface area contributed by atoms with E-state index < -0.39 is 0 Å². The third-order valence-electron chi connectivity index (χ3n) is 7.48. The topological polar surface area (TPSA) is 87.2 Å². The monoisotopic (exact) mass is 444 g/mol. The molecule has 3 aliphatic carbocycles. The first-order chi connectivity index (χ1) is 15.6. The fourth-order valence-electron chi connectivity index (χ4n) is 5.71. The molecule has 1 aliphatic heterocycles. The van der Waals surface area contributed by atoms with Gasteiger partial charge in [0.05, 0.1) is 23.3 Å². The van der Waals surface area contributed by atoms with Gasteiger partial charge in [0.15, 0.2) is 0 Å². The zero-order valence-electron chi connectivity index (χ0n) is 17.9. The predicted octanol–water partition coefficient (Wildman–Crippen LogP) is 4.29. The highest BCUT2D eigenvalue weighted by Crippen LogP contribution is 2.53. The number of rotatable bonds is 4. The average molecular weight is 445 g/mol. The smallest absolute Gasteiger partial charge is 0.246 e. The van der Waals surface area contributed by atoms with Crippen LogP contribution in [0.25, 0.3) is 10.9 Å². The van der Waals surface area contributed by atoms with Crippen LogP contribution in [0, 0.1) is 41.9 Å². The van der Waals surface area contributed by atoms with Gasteiger partial charge >= 0.3 is 0 Å². The van der Waals surface area contributed by atoms with Crippen molar-refractivity contribution in [3.05, 3.63) is 46.0 Å². The second kappa shape index (κ2) is 7.52. The van der Waals surface area contributed by atoms with Crippen LogP contribution in [-0.4, -0.2) is 31.9 Å². The first-order valence-corrected chi connectivity index (χ1v) is 12.1. The molecule has 4 aliphatic rings. The van der Waals surface area contributed by atoms with E-state index in [1.807, 2.05) is 42.9 Å². The number of aryl methyl sites for hydroxylation is 1. The van der Waals surface area contributed by atoms with Crippen LogP contribution in [0.3, 0.4) is 0 Å². The van der Waals surface area contributed by atoms with Crippen molar-refractivity contribution in [2.24, 2.45) is 28.8 Å². The number of amides is 1. The largest absolute Gasteiger partial charge is 0.273 e. The lowest BCUT2D eigenvalue weighted by Crippen LogP contribution is -2.49. The summed E-state index contributed by atoms with van der Waals surface area (Å²) >= 11 is 1.62. The van der Waals surface area contributed by atoms with Crippen LogP contribution in [0.5, 0.6) is 0 Å². The van der Waals surface area contributed by atoms with Crippen LogP contribution in [0.2, 0.25) is 0 Å². The molecule has 0 N–H and O–H groups in total. The predicted molar refractivity (Wildman–Crippen MR) is 122 cm³/mol. The van der Waals surface area contributed by atoms with Crippen molar-refractivity contribution < 1.29 is 4.79 Å². The summed E-state index contributed by atoms with van der Waals surface area (Å²) in [4.78, 5) is 18.2. The molecule has 3 aromatic rings. The number of aromatic nitrogens is 3. The van der Waals surface area contributed by atoms with Gasteiger partial charge in [-0.05, 0) is 62.1 Å². The Labute approximate surface area is 190 Å². The average Bonchev–Trinajstić information content (AvgIpc) is 3.51. The van der Waals surface area contributed by atoms with Crippen molar-refractivity contribution in [2.45, 2.75) is 45.2 Å². The number of hydrogen-bond donors (Lipinski definition) is 0. The number of carbonyl (C=O) groups is 1. The van der Waals surface area contributed by atoms with Gasteiger partial charge in [-0.2, -0.15) is 15.5 Å². The van der Waals surface area contributed by atoms with Gasteiger partial charge in [-0.3, -0.25) is 9.48 Å². The van der Waals surface area contributed by atoms with Crippen molar-refractivity contribution >= 4 is 34.4 Å². The highest BCUT2D eigenvalue weighted by atomic mass is 32.1. The lowest BCUT2D eigenvalue weighted by molar-refractivity contribution is -0.147. The molecule has 3 saturated carbocycles.